The normalized spacial score (nSPS) is 11.6. The van der Waals surface area contributed by atoms with Gasteiger partial charge in [-0.25, -0.2) is 17.7 Å². The average molecular weight is 417 g/mol. The molecule has 11 heteroatoms. The molecule has 146 valence electrons. The van der Waals surface area contributed by atoms with Crippen molar-refractivity contribution in [1.82, 2.24) is 9.29 Å². The fourth-order valence-corrected chi connectivity index (χ4v) is 3.40. The molecule has 0 unspecified atom stereocenters. The lowest BCUT2D eigenvalue weighted by molar-refractivity contribution is -0.113. The topological polar surface area (TPSA) is 88.6 Å². The maximum absolute atomic E-state index is 12.4. The van der Waals surface area contributed by atoms with E-state index in [1.165, 1.54) is 50.6 Å². The van der Waals surface area contributed by atoms with Crippen LogP contribution in [0.2, 0.25) is 0 Å². The lowest BCUT2D eigenvalue weighted by Crippen LogP contribution is -2.22. The highest BCUT2D eigenvalue weighted by Crippen LogP contribution is 2.26. The van der Waals surface area contributed by atoms with Crippen LogP contribution >= 0.6 is 11.8 Å². The van der Waals surface area contributed by atoms with E-state index in [4.69, 9.17) is 0 Å². The first-order valence-electron chi connectivity index (χ1n) is 7.55. The molecule has 7 nitrogen and oxygen atoms in total. The maximum Gasteiger partial charge on any atom is 0.387 e. The van der Waals surface area contributed by atoms with Crippen molar-refractivity contribution in [3.05, 3.63) is 42.6 Å². The number of rotatable bonds is 8. The van der Waals surface area contributed by atoms with Crippen LogP contribution in [0.4, 0.5) is 14.5 Å². The summed E-state index contributed by atoms with van der Waals surface area (Å²) < 4.78 is 54.1. The largest absolute Gasteiger partial charge is 0.433 e. The van der Waals surface area contributed by atoms with Gasteiger partial charge in [-0.1, -0.05) is 23.9 Å². The van der Waals surface area contributed by atoms with Crippen LogP contribution in [0.25, 0.3) is 0 Å². The fraction of sp³-hybridized carbons (Fsp3) is 0.250. The van der Waals surface area contributed by atoms with E-state index in [1.54, 1.807) is 6.07 Å². The molecule has 0 aliphatic rings. The summed E-state index contributed by atoms with van der Waals surface area (Å²) >= 11 is 1.07. The van der Waals surface area contributed by atoms with Crippen molar-refractivity contribution >= 4 is 33.4 Å². The first-order chi connectivity index (χ1) is 12.7. The molecule has 2 rings (SSSR count). The molecule has 0 aliphatic heterocycles. The zero-order valence-corrected chi connectivity index (χ0v) is 16.1. The summed E-state index contributed by atoms with van der Waals surface area (Å²) in [6.45, 7) is -3.00. The number of hydrogen-bond donors (Lipinski definition) is 1. The number of thioether (sulfide) groups is 1. The number of anilines is 1. The van der Waals surface area contributed by atoms with E-state index in [9.17, 15) is 22.0 Å². The lowest BCUT2D eigenvalue weighted by Gasteiger charge is -2.12. The molecule has 0 saturated carbocycles. The van der Waals surface area contributed by atoms with Crippen molar-refractivity contribution in [2.75, 3.05) is 25.2 Å². The van der Waals surface area contributed by atoms with Crippen LogP contribution in [0.15, 0.2) is 52.5 Å². The summed E-state index contributed by atoms with van der Waals surface area (Å²) in [5.41, 5.74) is 0.129. The molecule has 1 aromatic carbocycles. The fourth-order valence-electron chi connectivity index (χ4n) is 1.91. The van der Waals surface area contributed by atoms with Gasteiger partial charge >= 0.3 is 6.61 Å². The monoisotopic (exact) mass is 417 g/mol. The summed E-state index contributed by atoms with van der Waals surface area (Å²) in [5, 5.41) is 2.93. The summed E-state index contributed by atoms with van der Waals surface area (Å²) in [4.78, 5) is 16.1. The predicted octanol–water partition coefficient (Wildman–Crippen LogP) is 2.66. The molecule has 1 heterocycles. The second-order valence-corrected chi connectivity index (χ2v) is 8.48. The minimum Gasteiger partial charge on any atom is -0.433 e. The number of carbonyl (C=O) groups is 1. The average Bonchev–Trinajstić information content (AvgIpc) is 2.61. The highest BCUT2D eigenvalue weighted by Gasteiger charge is 2.17. The molecule has 0 aliphatic carbocycles. The van der Waals surface area contributed by atoms with Crippen LogP contribution in [0, 0.1) is 0 Å². The van der Waals surface area contributed by atoms with Crippen LogP contribution in [-0.4, -0.2) is 50.1 Å². The van der Waals surface area contributed by atoms with Crippen LogP contribution in [0.1, 0.15) is 0 Å². The van der Waals surface area contributed by atoms with Gasteiger partial charge in [-0.05, 0) is 24.3 Å². The van der Waals surface area contributed by atoms with Gasteiger partial charge in [0.05, 0.1) is 16.5 Å². The minimum absolute atomic E-state index is 0.0411. The van der Waals surface area contributed by atoms with E-state index >= 15 is 0 Å². The molecular formula is C16H17F2N3O4S2. The first-order valence-corrected chi connectivity index (χ1v) is 9.98. The summed E-state index contributed by atoms with van der Waals surface area (Å²) in [6, 6.07) is 8.73. The Balaban J connectivity index is 1.97. The number of para-hydroxylation sites is 2. The zero-order valence-electron chi connectivity index (χ0n) is 14.4. The van der Waals surface area contributed by atoms with Gasteiger partial charge in [0.25, 0.3) is 0 Å². The molecule has 1 N–H and O–H groups in total. The summed E-state index contributed by atoms with van der Waals surface area (Å²) in [7, 11) is -0.744. The number of aromatic nitrogens is 1. The molecule has 2 aromatic rings. The highest BCUT2D eigenvalue weighted by atomic mass is 32.2. The van der Waals surface area contributed by atoms with E-state index in [-0.39, 0.29) is 22.1 Å². The highest BCUT2D eigenvalue weighted by molar-refractivity contribution is 7.99. The number of ether oxygens (including phenoxy) is 1. The number of benzene rings is 1. The van der Waals surface area contributed by atoms with Crippen LogP contribution < -0.4 is 10.1 Å². The van der Waals surface area contributed by atoms with Crippen LogP contribution in [0.3, 0.4) is 0 Å². The molecule has 1 aromatic heterocycles. The van der Waals surface area contributed by atoms with Gasteiger partial charge in [0.1, 0.15) is 10.6 Å². The Labute approximate surface area is 159 Å². The molecule has 0 atom stereocenters. The van der Waals surface area contributed by atoms with E-state index < -0.39 is 22.5 Å². The second-order valence-electron chi connectivity index (χ2n) is 5.33. The number of sulfonamides is 1. The second kappa shape index (κ2) is 9.11. The Morgan fingerprint density at radius 3 is 2.56 bits per heavy atom. The molecule has 1 amide bonds. The van der Waals surface area contributed by atoms with Crippen molar-refractivity contribution < 1.29 is 26.7 Å². The molecule has 0 bridgehead atoms. The smallest absolute Gasteiger partial charge is 0.387 e. The third-order valence-corrected chi connectivity index (χ3v) is 5.96. The number of amides is 1. The van der Waals surface area contributed by atoms with Gasteiger partial charge in [0.2, 0.25) is 15.9 Å². The van der Waals surface area contributed by atoms with Crippen molar-refractivity contribution in [1.29, 1.82) is 0 Å². The molecule has 0 radical (unpaired) electrons. The summed E-state index contributed by atoms with van der Waals surface area (Å²) in [6.07, 6.45) is 1.21. The number of hydrogen-bond acceptors (Lipinski definition) is 6. The third-order valence-electron chi connectivity index (χ3n) is 3.22. The van der Waals surface area contributed by atoms with Gasteiger partial charge < -0.3 is 10.1 Å². The number of pyridine rings is 1. The van der Waals surface area contributed by atoms with Gasteiger partial charge in [0, 0.05) is 20.3 Å². The van der Waals surface area contributed by atoms with Crippen LogP contribution in [-0.2, 0) is 14.8 Å². The van der Waals surface area contributed by atoms with Crippen molar-refractivity contribution in [3.8, 4) is 5.75 Å². The van der Waals surface area contributed by atoms with E-state index in [0.29, 0.717) is 5.03 Å². The molecule has 0 saturated heterocycles. The Kier molecular flexibility index (Phi) is 7.11. The minimum atomic E-state index is -3.57. The lowest BCUT2D eigenvalue weighted by atomic mass is 10.3. The third kappa shape index (κ3) is 5.88. The van der Waals surface area contributed by atoms with Gasteiger partial charge in [-0.3, -0.25) is 4.79 Å². The van der Waals surface area contributed by atoms with Crippen molar-refractivity contribution in [2.45, 2.75) is 16.5 Å². The summed E-state index contributed by atoms with van der Waals surface area (Å²) in [5.74, 6) is -0.630. The Bertz CT molecular complexity index is 891. The number of alkyl halides is 2. The standard InChI is InChI=1S/C16H17F2N3O4S2/c1-21(2)27(23,24)11-7-8-15(19-9-11)26-10-14(22)20-12-5-3-4-6-13(12)25-16(17)18/h3-9,16H,10H2,1-2H3,(H,20,22). The van der Waals surface area contributed by atoms with Crippen LogP contribution in [0.5, 0.6) is 5.75 Å². The quantitative estimate of drug-likeness (QED) is 0.665. The first kappa shape index (κ1) is 21.1. The number of nitrogens with zero attached hydrogens (tertiary/aromatic N) is 2. The number of halogens is 2. The maximum atomic E-state index is 12.4. The zero-order chi connectivity index (χ0) is 20.0. The molecular weight excluding hydrogens is 400 g/mol. The SMILES string of the molecule is CN(C)S(=O)(=O)c1ccc(SCC(=O)Nc2ccccc2OC(F)F)nc1. The molecule has 0 fully saturated rings. The van der Waals surface area contributed by atoms with Crippen molar-refractivity contribution in [3.63, 3.8) is 0 Å². The predicted molar refractivity (Wildman–Crippen MR) is 97.5 cm³/mol. The number of nitrogens with one attached hydrogen (secondary N) is 1. The Morgan fingerprint density at radius 2 is 1.96 bits per heavy atom. The number of carbonyl (C=O) groups excluding carboxylic acids is 1. The Morgan fingerprint density at radius 1 is 1.26 bits per heavy atom. The van der Waals surface area contributed by atoms with Gasteiger partial charge in [0.15, 0.2) is 0 Å². The van der Waals surface area contributed by atoms with E-state index in [1.807, 2.05) is 0 Å². The van der Waals surface area contributed by atoms with E-state index in [2.05, 4.69) is 15.0 Å². The van der Waals surface area contributed by atoms with E-state index in [0.717, 1.165) is 16.1 Å². The Hall–Kier alpha value is -2.24. The van der Waals surface area contributed by atoms with Crippen molar-refractivity contribution in [2.24, 2.45) is 0 Å². The molecule has 27 heavy (non-hydrogen) atoms. The van der Waals surface area contributed by atoms with Gasteiger partial charge in [-0.2, -0.15) is 8.78 Å². The molecule has 0 spiro atoms. The van der Waals surface area contributed by atoms with Gasteiger partial charge in [-0.15, -0.1) is 0 Å².